The van der Waals surface area contributed by atoms with E-state index in [0.29, 0.717) is 49.0 Å². The molecule has 9 heteroatoms. The molecule has 1 aliphatic heterocycles. The number of fused-ring (bicyclic) bond motifs is 1. The van der Waals surface area contributed by atoms with E-state index in [1.165, 1.54) is 9.87 Å². The summed E-state index contributed by atoms with van der Waals surface area (Å²) in [6, 6.07) is 12.5. The normalized spacial score (nSPS) is 16.4. The van der Waals surface area contributed by atoms with E-state index in [0.717, 1.165) is 35.5 Å². The number of carbonyl (C=O) groups excluding carboxylic acids is 1. The van der Waals surface area contributed by atoms with Gasteiger partial charge in [-0.25, -0.2) is 13.4 Å². The van der Waals surface area contributed by atoms with E-state index in [4.69, 9.17) is 4.74 Å². The maximum atomic E-state index is 13.1. The number of sulfonamides is 1. The van der Waals surface area contributed by atoms with Crippen molar-refractivity contribution in [1.82, 2.24) is 14.2 Å². The molecule has 0 spiro atoms. The van der Waals surface area contributed by atoms with Crippen LogP contribution in [0.15, 0.2) is 52.7 Å². The summed E-state index contributed by atoms with van der Waals surface area (Å²) in [6.07, 6.45) is 3.04. The van der Waals surface area contributed by atoms with Crippen LogP contribution in [0.1, 0.15) is 38.6 Å². The minimum Gasteiger partial charge on any atom is -0.487 e. The molecule has 1 amide bonds. The average molecular weight is 498 g/mol. The summed E-state index contributed by atoms with van der Waals surface area (Å²) in [6.45, 7) is 3.66. The molecule has 1 aliphatic carbocycles. The molecule has 0 saturated carbocycles. The molecule has 1 fully saturated rings. The van der Waals surface area contributed by atoms with Gasteiger partial charge in [0.05, 0.1) is 15.6 Å². The number of hydrogen-bond acceptors (Lipinski definition) is 6. The van der Waals surface area contributed by atoms with Gasteiger partial charge in [0.2, 0.25) is 10.0 Å². The second-order valence-corrected chi connectivity index (χ2v) is 11.7. The molecule has 7 nitrogen and oxygen atoms in total. The lowest BCUT2D eigenvalue weighted by Gasteiger charge is -2.34. The molecule has 2 aromatic carbocycles. The highest BCUT2D eigenvalue weighted by molar-refractivity contribution is 7.89. The Hall–Kier alpha value is -2.75. The molecular weight excluding hydrogens is 470 g/mol. The minimum absolute atomic E-state index is 0.101. The number of aromatic nitrogens is 1. The van der Waals surface area contributed by atoms with Gasteiger partial charge < -0.3 is 9.64 Å². The van der Waals surface area contributed by atoms with E-state index in [2.05, 4.69) is 4.98 Å². The molecule has 178 valence electrons. The zero-order valence-corrected chi connectivity index (χ0v) is 20.7. The summed E-state index contributed by atoms with van der Waals surface area (Å²) in [7, 11) is -3.56. The molecule has 1 saturated heterocycles. The number of ether oxygens (including phenoxy) is 1. The Bertz CT molecular complexity index is 1290. The lowest BCUT2D eigenvalue weighted by Crippen LogP contribution is -2.50. The highest BCUT2D eigenvalue weighted by atomic mass is 32.2. The second-order valence-electron chi connectivity index (χ2n) is 8.65. The summed E-state index contributed by atoms with van der Waals surface area (Å²) >= 11 is 1.58. The molecule has 0 radical (unpaired) electrons. The average Bonchev–Trinajstić information content (AvgIpc) is 3.51. The SMILES string of the molecule is Cc1nc(COc2ccc(C(=O)N3CCN(S(=O)(=O)c4ccc5c(c4)CCC5)CC3)cc2)cs1. The van der Waals surface area contributed by atoms with Gasteiger partial charge in [-0.05, 0) is 73.7 Å². The van der Waals surface area contributed by atoms with Crippen LogP contribution in [0.4, 0.5) is 0 Å². The van der Waals surface area contributed by atoms with E-state index in [1.807, 2.05) is 24.4 Å². The van der Waals surface area contributed by atoms with Gasteiger partial charge in [0, 0.05) is 37.1 Å². The quantitative estimate of drug-likeness (QED) is 0.519. The second kappa shape index (κ2) is 9.48. The molecular formula is C25H27N3O4S2. The first-order chi connectivity index (χ1) is 16.4. The first kappa shape index (κ1) is 23.0. The van der Waals surface area contributed by atoms with Crippen molar-refractivity contribution in [3.05, 3.63) is 75.2 Å². The van der Waals surface area contributed by atoms with Crippen molar-refractivity contribution in [3.8, 4) is 5.75 Å². The fourth-order valence-electron chi connectivity index (χ4n) is 4.50. The van der Waals surface area contributed by atoms with Gasteiger partial charge in [-0.3, -0.25) is 4.79 Å². The van der Waals surface area contributed by atoms with Crippen LogP contribution >= 0.6 is 11.3 Å². The fourth-order valence-corrected chi connectivity index (χ4v) is 6.57. The summed E-state index contributed by atoms with van der Waals surface area (Å²) in [5.41, 5.74) is 3.84. The Morgan fingerprint density at radius 1 is 1.03 bits per heavy atom. The Morgan fingerprint density at radius 2 is 1.76 bits per heavy atom. The molecule has 34 heavy (non-hydrogen) atoms. The van der Waals surface area contributed by atoms with Crippen molar-refractivity contribution in [2.75, 3.05) is 26.2 Å². The number of thiazole rings is 1. The molecule has 3 aromatic rings. The standard InChI is InChI=1S/C25H27N3O4S2/c1-18-26-22(17-33-18)16-32-23-8-5-20(6-9-23)25(29)27-11-13-28(14-12-27)34(30,31)24-10-7-19-3-2-4-21(19)15-24/h5-10,15,17H,2-4,11-14,16H2,1H3. The van der Waals surface area contributed by atoms with E-state index in [1.54, 1.807) is 46.6 Å². The smallest absolute Gasteiger partial charge is 0.253 e. The predicted octanol–water partition coefficient (Wildman–Crippen LogP) is 3.67. The van der Waals surface area contributed by atoms with Gasteiger partial charge in [-0.2, -0.15) is 4.31 Å². The maximum absolute atomic E-state index is 13.1. The van der Waals surface area contributed by atoms with Crippen molar-refractivity contribution < 1.29 is 17.9 Å². The highest BCUT2D eigenvalue weighted by Crippen LogP contribution is 2.27. The Labute approximate surface area is 204 Å². The molecule has 0 unspecified atom stereocenters. The lowest BCUT2D eigenvalue weighted by molar-refractivity contribution is 0.0698. The summed E-state index contributed by atoms with van der Waals surface area (Å²) in [5.74, 6) is 0.573. The van der Waals surface area contributed by atoms with E-state index in [9.17, 15) is 13.2 Å². The zero-order chi connectivity index (χ0) is 23.7. The third-order valence-electron chi connectivity index (χ3n) is 6.39. The Balaban J connectivity index is 1.18. The van der Waals surface area contributed by atoms with Crippen molar-refractivity contribution in [1.29, 1.82) is 0 Å². The van der Waals surface area contributed by atoms with Crippen LogP contribution in [0.3, 0.4) is 0 Å². The number of rotatable bonds is 6. The maximum Gasteiger partial charge on any atom is 0.253 e. The Kier molecular flexibility index (Phi) is 6.42. The van der Waals surface area contributed by atoms with Crippen LogP contribution in [0.5, 0.6) is 5.75 Å². The fraction of sp³-hybridized carbons (Fsp3) is 0.360. The number of amides is 1. The largest absolute Gasteiger partial charge is 0.487 e. The third kappa shape index (κ3) is 4.73. The van der Waals surface area contributed by atoms with Gasteiger partial charge >= 0.3 is 0 Å². The summed E-state index contributed by atoms with van der Waals surface area (Å²) in [4.78, 5) is 19.4. The first-order valence-electron chi connectivity index (χ1n) is 11.5. The zero-order valence-electron chi connectivity index (χ0n) is 19.1. The number of piperazine rings is 1. The van der Waals surface area contributed by atoms with E-state index >= 15 is 0 Å². The molecule has 2 aliphatic rings. The number of aryl methyl sites for hydroxylation is 3. The van der Waals surface area contributed by atoms with Crippen molar-refractivity contribution in [2.24, 2.45) is 0 Å². The topological polar surface area (TPSA) is 79.8 Å². The number of nitrogens with zero attached hydrogens (tertiary/aromatic N) is 3. The van der Waals surface area contributed by atoms with Gasteiger partial charge in [-0.15, -0.1) is 11.3 Å². The number of carbonyl (C=O) groups is 1. The van der Waals surface area contributed by atoms with Gasteiger partial charge in [-0.1, -0.05) is 6.07 Å². The molecule has 1 aromatic heterocycles. The van der Waals surface area contributed by atoms with Gasteiger partial charge in [0.25, 0.3) is 5.91 Å². The highest BCUT2D eigenvalue weighted by Gasteiger charge is 2.31. The van der Waals surface area contributed by atoms with Crippen LogP contribution in [0, 0.1) is 6.92 Å². The van der Waals surface area contributed by atoms with Gasteiger partial charge in [0.1, 0.15) is 12.4 Å². The third-order valence-corrected chi connectivity index (χ3v) is 9.11. The van der Waals surface area contributed by atoms with Crippen LogP contribution in [0.25, 0.3) is 0 Å². The molecule has 5 rings (SSSR count). The van der Waals surface area contributed by atoms with Crippen LogP contribution in [0.2, 0.25) is 0 Å². The summed E-state index contributed by atoms with van der Waals surface area (Å²) in [5, 5.41) is 2.97. The first-order valence-corrected chi connectivity index (χ1v) is 13.8. The van der Waals surface area contributed by atoms with E-state index in [-0.39, 0.29) is 5.91 Å². The number of benzene rings is 2. The molecule has 2 heterocycles. The molecule has 0 bridgehead atoms. The van der Waals surface area contributed by atoms with Crippen molar-refractivity contribution >= 4 is 27.3 Å². The van der Waals surface area contributed by atoms with Crippen LogP contribution < -0.4 is 4.74 Å². The minimum atomic E-state index is -3.56. The summed E-state index contributed by atoms with van der Waals surface area (Å²) < 4.78 is 33.5. The predicted molar refractivity (Wildman–Crippen MR) is 131 cm³/mol. The van der Waals surface area contributed by atoms with Gasteiger partial charge in [0.15, 0.2) is 0 Å². The molecule has 0 N–H and O–H groups in total. The Morgan fingerprint density at radius 3 is 2.47 bits per heavy atom. The van der Waals surface area contributed by atoms with E-state index < -0.39 is 10.0 Å². The van der Waals surface area contributed by atoms with Crippen molar-refractivity contribution in [2.45, 2.75) is 37.7 Å². The molecule has 0 atom stereocenters. The van der Waals surface area contributed by atoms with Crippen LogP contribution in [-0.2, 0) is 29.5 Å². The van der Waals surface area contributed by atoms with Crippen LogP contribution in [-0.4, -0.2) is 54.7 Å². The number of hydrogen-bond donors (Lipinski definition) is 0. The van der Waals surface area contributed by atoms with Crippen molar-refractivity contribution in [3.63, 3.8) is 0 Å². The monoisotopic (exact) mass is 497 g/mol. The lowest BCUT2D eigenvalue weighted by atomic mass is 10.1.